The van der Waals surface area contributed by atoms with Gasteiger partial charge in [-0.2, -0.15) is 5.10 Å². The Morgan fingerprint density at radius 2 is 2.05 bits per heavy atom. The van der Waals surface area contributed by atoms with Gasteiger partial charge in [0.2, 0.25) is 0 Å². The molecule has 0 spiro atoms. The van der Waals surface area contributed by atoms with Crippen LogP contribution in [0.2, 0.25) is 0 Å². The lowest BCUT2D eigenvalue weighted by Gasteiger charge is -2.16. The van der Waals surface area contributed by atoms with E-state index >= 15 is 0 Å². The fourth-order valence-electron chi connectivity index (χ4n) is 2.02. The fourth-order valence-corrected chi connectivity index (χ4v) is 2.02. The van der Waals surface area contributed by atoms with Gasteiger partial charge in [0, 0.05) is 32.4 Å². The molecule has 0 bridgehead atoms. The van der Waals surface area contributed by atoms with Crippen LogP contribution < -0.4 is 10.6 Å². The van der Waals surface area contributed by atoms with Gasteiger partial charge in [-0.3, -0.25) is 9.67 Å². The molecule has 116 valence electrons. The van der Waals surface area contributed by atoms with Crippen LogP contribution in [0.1, 0.15) is 37.2 Å². The van der Waals surface area contributed by atoms with E-state index in [1.165, 1.54) is 11.3 Å². The van der Waals surface area contributed by atoms with E-state index in [-0.39, 0.29) is 24.0 Å². The lowest BCUT2D eigenvalue weighted by Crippen LogP contribution is -2.42. The molecule has 6 heteroatoms. The highest BCUT2D eigenvalue weighted by Crippen LogP contribution is 2.11. The van der Waals surface area contributed by atoms with Crippen LogP contribution in [0.5, 0.6) is 0 Å². The number of guanidine groups is 1. The standard InChI is InChI=1S/C14H27N5.HI/c1-7-10(2)17-14(15-5)16-9-8-13-11(3)18-19(6)12(13)4;/h10H,7-9H2,1-6H3,(H2,15,16,17);1H. The van der Waals surface area contributed by atoms with Crippen LogP contribution in [0.3, 0.4) is 0 Å². The Morgan fingerprint density at radius 1 is 1.40 bits per heavy atom. The number of nitrogens with one attached hydrogen (secondary N) is 2. The van der Waals surface area contributed by atoms with Gasteiger partial charge in [-0.15, -0.1) is 24.0 Å². The Balaban J connectivity index is 0.00000361. The van der Waals surface area contributed by atoms with Gasteiger partial charge < -0.3 is 10.6 Å². The van der Waals surface area contributed by atoms with Crippen LogP contribution in [0, 0.1) is 13.8 Å². The van der Waals surface area contributed by atoms with Gasteiger partial charge >= 0.3 is 0 Å². The fraction of sp³-hybridized carbons (Fsp3) is 0.714. The first kappa shape index (κ1) is 19.2. The number of aromatic nitrogens is 2. The van der Waals surface area contributed by atoms with E-state index in [2.05, 4.69) is 48.4 Å². The van der Waals surface area contributed by atoms with Gasteiger partial charge in [-0.05, 0) is 39.2 Å². The van der Waals surface area contributed by atoms with Crippen molar-refractivity contribution >= 4 is 29.9 Å². The van der Waals surface area contributed by atoms with E-state index in [1.54, 1.807) is 7.05 Å². The number of nitrogens with zero attached hydrogens (tertiary/aromatic N) is 3. The molecular formula is C14H28IN5. The molecule has 2 N–H and O–H groups in total. The van der Waals surface area contributed by atoms with Crippen molar-refractivity contribution in [3.63, 3.8) is 0 Å². The van der Waals surface area contributed by atoms with Gasteiger partial charge in [0.25, 0.3) is 0 Å². The zero-order valence-corrected chi connectivity index (χ0v) is 15.8. The largest absolute Gasteiger partial charge is 0.356 e. The second-order valence-corrected chi connectivity index (χ2v) is 4.98. The summed E-state index contributed by atoms with van der Waals surface area (Å²) in [5.41, 5.74) is 3.69. The highest BCUT2D eigenvalue weighted by molar-refractivity contribution is 14.0. The second-order valence-electron chi connectivity index (χ2n) is 4.98. The molecule has 0 aromatic carbocycles. The molecule has 0 radical (unpaired) electrons. The van der Waals surface area contributed by atoms with Crippen molar-refractivity contribution in [2.24, 2.45) is 12.0 Å². The number of halogens is 1. The highest BCUT2D eigenvalue weighted by atomic mass is 127. The van der Waals surface area contributed by atoms with E-state index in [4.69, 9.17) is 0 Å². The zero-order chi connectivity index (χ0) is 14.4. The van der Waals surface area contributed by atoms with Crippen molar-refractivity contribution in [2.45, 2.75) is 46.6 Å². The Morgan fingerprint density at radius 3 is 2.50 bits per heavy atom. The first-order valence-electron chi connectivity index (χ1n) is 6.95. The first-order chi connectivity index (χ1) is 8.99. The zero-order valence-electron chi connectivity index (χ0n) is 13.4. The number of aliphatic imine (C=N–C) groups is 1. The topological polar surface area (TPSA) is 54.2 Å². The Labute approximate surface area is 139 Å². The third-order valence-corrected chi connectivity index (χ3v) is 3.55. The van der Waals surface area contributed by atoms with Crippen LogP contribution >= 0.6 is 24.0 Å². The smallest absolute Gasteiger partial charge is 0.191 e. The lowest BCUT2D eigenvalue weighted by molar-refractivity contribution is 0.624. The van der Waals surface area contributed by atoms with Gasteiger partial charge in [0.15, 0.2) is 5.96 Å². The maximum absolute atomic E-state index is 4.43. The maximum Gasteiger partial charge on any atom is 0.191 e. The molecule has 1 aromatic rings. The number of aryl methyl sites for hydroxylation is 2. The molecule has 0 amide bonds. The van der Waals surface area contributed by atoms with Crippen molar-refractivity contribution in [1.29, 1.82) is 0 Å². The summed E-state index contributed by atoms with van der Waals surface area (Å²) in [6.45, 7) is 9.36. The van der Waals surface area contributed by atoms with Crippen molar-refractivity contribution < 1.29 is 0 Å². The highest BCUT2D eigenvalue weighted by Gasteiger charge is 2.09. The minimum Gasteiger partial charge on any atom is -0.356 e. The Kier molecular flexibility index (Phi) is 8.84. The minimum atomic E-state index is 0. The summed E-state index contributed by atoms with van der Waals surface area (Å²) in [5, 5.41) is 11.1. The third-order valence-electron chi connectivity index (χ3n) is 3.55. The maximum atomic E-state index is 4.43. The van der Waals surface area contributed by atoms with E-state index in [0.29, 0.717) is 6.04 Å². The van der Waals surface area contributed by atoms with E-state index in [9.17, 15) is 0 Å². The number of hydrogen-bond donors (Lipinski definition) is 2. The summed E-state index contributed by atoms with van der Waals surface area (Å²) in [6, 6.07) is 0.438. The summed E-state index contributed by atoms with van der Waals surface area (Å²) in [4.78, 5) is 4.23. The predicted octanol–water partition coefficient (Wildman–Crippen LogP) is 2.16. The van der Waals surface area contributed by atoms with Crippen LogP contribution in [0.15, 0.2) is 4.99 Å². The Hall–Kier alpha value is -0.790. The summed E-state index contributed by atoms with van der Waals surface area (Å²) in [6.07, 6.45) is 2.05. The van der Waals surface area contributed by atoms with Gasteiger partial charge in [-0.1, -0.05) is 6.92 Å². The summed E-state index contributed by atoms with van der Waals surface area (Å²) >= 11 is 0. The molecule has 1 aromatic heterocycles. The minimum absolute atomic E-state index is 0. The quantitative estimate of drug-likeness (QED) is 0.458. The van der Waals surface area contributed by atoms with Gasteiger partial charge in [0.1, 0.15) is 0 Å². The molecule has 1 unspecified atom stereocenters. The van der Waals surface area contributed by atoms with Crippen molar-refractivity contribution in [3.8, 4) is 0 Å². The van der Waals surface area contributed by atoms with E-state index in [1.807, 2.05) is 11.7 Å². The van der Waals surface area contributed by atoms with Gasteiger partial charge in [-0.25, -0.2) is 0 Å². The van der Waals surface area contributed by atoms with Crippen LogP contribution in [0.4, 0.5) is 0 Å². The normalized spacial score (nSPS) is 12.8. The van der Waals surface area contributed by atoms with Crippen molar-refractivity contribution in [2.75, 3.05) is 13.6 Å². The van der Waals surface area contributed by atoms with Crippen molar-refractivity contribution in [1.82, 2.24) is 20.4 Å². The summed E-state index contributed by atoms with van der Waals surface area (Å²) < 4.78 is 1.94. The Bertz CT molecular complexity index is 439. The molecule has 5 nitrogen and oxygen atoms in total. The average molecular weight is 393 g/mol. The number of hydrogen-bond acceptors (Lipinski definition) is 2. The van der Waals surface area contributed by atoms with Crippen molar-refractivity contribution in [3.05, 3.63) is 17.0 Å². The monoisotopic (exact) mass is 393 g/mol. The molecular weight excluding hydrogens is 365 g/mol. The molecule has 0 fully saturated rings. The molecule has 1 atom stereocenters. The molecule has 0 aliphatic heterocycles. The SMILES string of the molecule is CCC(C)NC(=NC)NCCc1c(C)nn(C)c1C.I. The lowest BCUT2D eigenvalue weighted by atomic mass is 10.1. The van der Waals surface area contributed by atoms with Crippen LogP contribution in [0.25, 0.3) is 0 Å². The van der Waals surface area contributed by atoms with Gasteiger partial charge in [0.05, 0.1) is 5.69 Å². The molecule has 0 saturated heterocycles. The van der Waals surface area contributed by atoms with E-state index in [0.717, 1.165) is 31.0 Å². The molecule has 1 rings (SSSR count). The summed E-state index contributed by atoms with van der Waals surface area (Å²) in [7, 11) is 3.79. The first-order valence-corrected chi connectivity index (χ1v) is 6.95. The van der Waals surface area contributed by atoms with Crippen LogP contribution in [-0.4, -0.2) is 35.4 Å². The molecule has 0 saturated carbocycles. The molecule has 20 heavy (non-hydrogen) atoms. The van der Waals surface area contributed by atoms with E-state index < -0.39 is 0 Å². The molecule has 1 heterocycles. The molecule has 0 aliphatic rings. The molecule has 0 aliphatic carbocycles. The predicted molar refractivity (Wildman–Crippen MR) is 96.1 cm³/mol. The number of rotatable bonds is 5. The van der Waals surface area contributed by atoms with Crippen LogP contribution in [-0.2, 0) is 13.5 Å². The average Bonchev–Trinajstić information content (AvgIpc) is 2.63. The second kappa shape index (κ2) is 9.20. The third kappa shape index (κ3) is 5.30. The summed E-state index contributed by atoms with van der Waals surface area (Å²) in [5.74, 6) is 0.869.